The minimum Gasteiger partial charge on any atom is -0.496 e. The fourth-order valence-electron chi connectivity index (χ4n) is 4.17. The molecule has 0 bridgehead atoms. The summed E-state index contributed by atoms with van der Waals surface area (Å²) in [6, 6.07) is 11.7. The molecule has 1 unspecified atom stereocenters. The number of carbonyl (C=O) groups is 2. The van der Waals surface area contributed by atoms with Crippen molar-refractivity contribution in [2.24, 2.45) is 5.92 Å². The number of ether oxygens (including phenoxy) is 2. The molecule has 1 aliphatic carbocycles. The van der Waals surface area contributed by atoms with Crippen molar-refractivity contribution >= 4 is 29.4 Å². The van der Waals surface area contributed by atoms with Crippen LogP contribution in [0.15, 0.2) is 48.0 Å². The number of anilines is 1. The van der Waals surface area contributed by atoms with Crippen LogP contribution in [0.1, 0.15) is 36.0 Å². The highest BCUT2D eigenvalue weighted by Crippen LogP contribution is 2.31. The normalized spacial score (nSPS) is 17.3. The highest BCUT2D eigenvalue weighted by atomic mass is 16.5. The fraction of sp³-hybridized carbons (Fsp3) is 0.357. The number of allylic oxidation sites excluding steroid dienone is 2. The van der Waals surface area contributed by atoms with Gasteiger partial charge in [-0.25, -0.2) is 0 Å². The molecule has 1 N–H and O–H groups in total. The van der Waals surface area contributed by atoms with E-state index in [1.807, 2.05) is 68.5 Å². The summed E-state index contributed by atoms with van der Waals surface area (Å²) in [5, 5.41) is 3.12. The minimum absolute atomic E-state index is 0.0998. The Bertz CT molecular complexity index is 1100. The monoisotopic (exact) mass is 462 g/mol. The first-order valence-corrected chi connectivity index (χ1v) is 11.5. The molecule has 6 nitrogen and oxygen atoms in total. The second-order valence-corrected chi connectivity index (χ2v) is 8.64. The molecule has 1 aliphatic rings. The number of Topliss-reactive ketones (excluding diaryl/α,β-unsaturated/α-hetero) is 1. The van der Waals surface area contributed by atoms with Gasteiger partial charge in [-0.1, -0.05) is 12.1 Å². The molecule has 34 heavy (non-hydrogen) atoms. The number of benzene rings is 2. The molecule has 0 aliphatic heterocycles. The molecule has 6 heteroatoms. The summed E-state index contributed by atoms with van der Waals surface area (Å²) in [5.74, 6) is 0.468. The van der Waals surface area contributed by atoms with E-state index in [0.717, 1.165) is 41.1 Å². The van der Waals surface area contributed by atoms with Crippen LogP contribution in [0.3, 0.4) is 0 Å². The van der Waals surface area contributed by atoms with Crippen LogP contribution in [0.25, 0.3) is 12.2 Å². The molecule has 2 aromatic carbocycles. The van der Waals surface area contributed by atoms with Crippen molar-refractivity contribution in [3.63, 3.8) is 0 Å². The molecule has 0 heterocycles. The Hall–Kier alpha value is -3.38. The van der Waals surface area contributed by atoms with Gasteiger partial charge < -0.3 is 19.7 Å². The third kappa shape index (κ3) is 5.94. The predicted molar refractivity (Wildman–Crippen MR) is 137 cm³/mol. The van der Waals surface area contributed by atoms with E-state index in [0.29, 0.717) is 24.2 Å². The lowest BCUT2D eigenvalue weighted by Crippen LogP contribution is -2.27. The SMILES string of the molecule is CNCc1ccc(/C=C2\CCCC(C(=O)/C=C/c3ccc(N(C)C)cc3OC)C2=O)c(OC)c1. The van der Waals surface area contributed by atoms with Gasteiger partial charge in [0.1, 0.15) is 11.5 Å². The molecule has 3 rings (SSSR count). The summed E-state index contributed by atoms with van der Waals surface area (Å²) in [6.45, 7) is 0.734. The Balaban J connectivity index is 1.79. The van der Waals surface area contributed by atoms with Gasteiger partial charge in [0.15, 0.2) is 11.6 Å². The third-order valence-corrected chi connectivity index (χ3v) is 6.08. The Morgan fingerprint density at radius 3 is 2.47 bits per heavy atom. The zero-order valence-corrected chi connectivity index (χ0v) is 20.7. The van der Waals surface area contributed by atoms with Crippen molar-refractivity contribution in [2.75, 3.05) is 40.3 Å². The lowest BCUT2D eigenvalue weighted by molar-refractivity contribution is -0.129. The van der Waals surface area contributed by atoms with Gasteiger partial charge >= 0.3 is 0 Å². The molecule has 0 radical (unpaired) electrons. The number of methoxy groups -OCH3 is 2. The highest BCUT2D eigenvalue weighted by molar-refractivity contribution is 6.16. The fourth-order valence-corrected chi connectivity index (χ4v) is 4.17. The molecule has 0 saturated heterocycles. The lowest BCUT2D eigenvalue weighted by Gasteiger charge is -2.21. The van der Waals surface area contributed by atoms with Crippen LogP contribution in [0.4, 0.5) is 5.69 Å². The number of rotatable bonds is 9. The van der Waals surface area contributed by atoms with E-state index in [1.54, 1.807) is 20.3 Å². The van der Waals surface area contributed by atoms with Gasteiger partial charge in [0, 0.05) is 43.5 Å². The molecular formula is C28H34N2O4. The molecule has 0 spiro atoms. The third-order valence-electron chi connectivity index (χ3n) is 6.08. The van der Waals surface area contributed by atoms with Crippen LogP contribution < -0.4 is 19.7 Å². The maximum absolute atomic E-state index is 13.2. The summed E-state index contributed by atoms with van der Waals surface area (Å²) in [7, 11) is 9.04. The minimum atomic E-state index is -0.655. The molecule has 0 aromatic heterocycles. The van der Waals surface area contributed by atoms with Crippen LogP contribution in [-0.4, -0.2) is 46.9 Å². The molecule has 2 aromatic rings. The first-order valence-electron chi connectivity index (χ1n) is 11.5. The van der Waals surface area contributed by atoms with Crippen LogP contribution >= 0.6 is 0 Å². The maximum Gasteiger partial charge on any atom is 0.169 e. The van der Waals surface area contributed by atoms with Crippen molar-refractivity contribution in [2.45, 2.75) is 25.8 Å². The van der Waals surface area contributed by atoms with Crippen LogP contribution in [0.2, 0.25) is 0 Å². The van der Waals surface area contributed by atoms with Crippen LogP contribution in [-0.2, 0) is 16.1 Å². The molecule has 1 saturated carbocycles. The molecular weight excluding hydrogens is 428 g/mol. The standard InChI is InChI=1S/C28H34N2O4/c1-29-18-19-9-10-21(26(15-19)33-4)16-22-7-6-8-24(28(22)32)25(31)14-12-20-11-13-23(30(2)3)17-27(20)34-5/h9-17,24,29H,6-8,18H2,1-5H3/b14-12+,22-16+. The summed E-state index contributed by atoms with van der Waals surface area (Å²) in [4.78, 5) is 28.2. The topological polar surface area (TPSA) is 67.9 Å². The van der Waals surface area contributed by atoms with Gasteiger partial charge in [-0.15, -0.1) is 0 Å². The number of hydrogen-bond donors (Lipinski definition) is 1. The van der Waals surface area contributed by atoms with E-state index < -0.39 is 5.92 Å². The first-order chi connectivity index (χ1) is 16.4. The lowest BCUT2D eigenvalue weighted by atomic mass is 9.81. The van der Waals surface area contributed by atoms with Crippen LogP contribution in [0.5, 0.6) is 11.5 Å². The van der Waals surface area contributed by atoms with Gasteiger partial charge in [0.25, 0.3) is 0 Å². The van der Waals surface area contributed by atoms with Crippen molar-refractivity contribution in [3.05, 3.63) is 64.7 Å². The Labute approximate surface area is 202 Å². The largest absolute Gasteiger partial charge is 0.496 e. The van der Waals surface area contributed by atoms with Gasteiger partial charge in [0.2, 0.25) is 0 Å². The molecule has 180 valence electrons. The summed E-state index contributed by atoms with van der Waals surface area (Å²) in [6.07, 6.45) is 7.13. The Morgan fingerprint density at radius 2 is 1.79 bits per heavy atom. The highest BCUT2D eigenvalue weighted by Gasteiger charge is 2.31. The summed E-state index contributed by atoms with van der Waals surface area (Å²) >= 11 is 0. The Morgan fingerprint density at radius 1 is 1.09 bits per heavy atom. The smallest absolute Gasteiger partial charge is 0.169 e. The van der Waals surface area contributed by atoms with Gasteiger partial charge in [-0.2, -0.15) is 0 Å². The first kappa shape index (κ1) is 25.2. The van der Waals surface area contributed by atoms with Crippen LogP contribution in [0, 0.1) is 5.92 Å². The summed E-state index contributed by atoms with van der Waals surface area (Å²) < 4.78 is 11.0. The average Bonchev–Trinajstić information content (AvgIpc) is 2.84. The van der Waals surface area contributed by atoms with E-state index in [9.17, 15) is 9.59 Å². The zero-order chi connectivity index (χ0) is 24.7. The second-order valence-electron chi connectivity index (χ2n) is 8.64. The van der Waals surface area contributed by atoms with Crippen molar-refractivity contribution in [3.8, 4) is 11.5 Å². The number of carbonyl (C=O) groups excluding carboxylic acids is 2. The van der Waals surface area contributed by atoms with E-state index in [-0.39, 0.29) is 11.6 Å². The van der Waals surface area contributed by atoms with Gasteiger partial charge in [-0.05, 0) is 73.9 Å². The molecule has 0 amide bonds. The van der Waals surface area contributed by atoms with Gasteiger partial charge in [0.05, 0.1) is 20.1 Å². The van der Waals surface area contributed by atoms with E-state index >= 15 is 0 Å². The predicted octanol–water partition coefficient (Wildman–Crippen LogP) is 4.52. The molecule has 1 fully saturated rings. The van der Waals surface area contributed by atoms with Gasteiger partial charge in [-0.3, -0.25) is 9.59 Å². The molecule has 1 atom stereocenters. The quantitative estimate of drug-likeness (QED) is 0.436. The van der Waals surface area contributed by atoms with Crippen molar-refractivity contribution in [1.29, 1.82) is 0 Å². The number of nitrogens with zero attached hydrogens (tertiary/aromatic N) is 1. The van der Waals surface area contributed by atoms with Crippen molar-refractivity contribution < 1.29 is 19.1 Å². The summed E-state index contributed by atoms with van der Waals surface area (Å²) in [5.41, 5.74) is 4.42. The maximum atomic E-state index is 13.2. The zero-order valence-electron chi connectivity index (χ0n) is 20.7. The second kappa shape index (κ2) is 11.7. The number of ketones is 2. The van der Waals surface area contributed by atoms with E-state index in [2.05, 4.69) is 5.32 Å². The number of hydrogen-bond acceptors (Lipinski definition) is 6. The van der Waals surface area contributed by atoms with Crippen molar-refractivity contribution in [1.82, 2.24) is 5.32 Å². The number of nitrogens with one attached hydrogen (secondary N) is 1. The van der Waals surface area contributed by atoms with E-state index in [1.165, 1.54) is 6.08 Å². The van der Waals surface area contributed by atoms with E-state index in [4.69, 9.17) is 9.47 Å². The average molecular weight is 463 g/mol. The Kier molecular flexibility index (Phi) is 8.66.